The molecule has 0 aliphatic heterocycles. The van der Waals surface area contributed by atoms with E-state index in [1.54, 1.807) is 0 Å². The molecule has 0 amide bonds. The summed E-state index contributed by atoms with van der Waals surface area (Å²) in [5.41, 5.74) is 0. The smallest absolute Gasteiger partial charge is 0.306 e. The highest BCUT2D eigenvalue weighted by Crippen LogP contribution is 2.14. The summed E-state index contributed by atoms with van der Waals surface area (Å²) in [4.78, 5) is 25.3. The molecule has 60 heavy (non-hydrogen) atoms. The van der Waals surface area contributed by atoms with Crippen LogP contribution in [0.3, 0.4) is 0 Å². The van der Waals surface area contributed by atoms with Gasteiger partial charge in [-0.15, -0.1) is 0 Å². The molecule has 0 aliphatic rings. The first-order valence-corrected chi connectivity index (χ1v) is 25.1. The summed E-state index contributed by atoms with van der Waals surface area (Å²) in [5.74, 6) is -0.442. The van der Waals surface area contributed by atoms with E-state index in [4.69, 9.17) is 14.2 Å². The molecule has 0 fully saturated rings. The van der Waals surface area contributed by atoms with Gasteiger partial charge in [0.2, 0.25) is 0 Å². The fourth-order valence-electron chi connectivity index (χ4n) is 6.70. The van der Waals surface area contributed by atoms with Crippen molar-refractivity contribution in [2.75, 3.05) is 19.8 Å². The first-order chi connectivity index (χ1) is 29.6. The Morgan fingerprint density at radius 3 is 1.23 bits per heavy atom. The number of carbonyl (C=O) groups excluding carboxylic acids is 2. The van der Waals surface area contributed by atoms with Gasteiger partial charge in [-0.05, 0) is 89.9 Å². The molecule has 0 aromatic heterocycles. The van der Waals surface area contributed by atoms with Gasteiger partial charge in [0.05, 0.1) is 6.61 Å². The molecule has 0 aliphatic carbocycles. The van der Waals surface area contributed by atoms with Crippen LogP contribution in [0.1, 0.15) is 226 Å². The van der Waals surface area contributed by atoms with Gasteiger partial charge in [-0.25, -0.2) is 0 Å². The number of hydrogen-bond acceptors (Lipinski definition) is 5. The minimum atomic E-state index is -0.570. The Hall–Kier alpha value is -2.92. The van der Waals surface area contributed by atoms with E-state index in [0.717, 1.165) is 89.9 Å². The summed E-state index contributed by atoms with van der Waals surface area (Å²) in [5, 5.41) is 0. The first-order valence-electron chi connectivity index (χ1n) is 25.1. The number of carbonyl (C=O) groups is 2. The standard InChI is InChI=1S/C55H94O5/c1-4-7-10-13-16-19-22-24-26-27-28-29-30-31-34-36-39-42-45-48-54(56)59-52-53(60-55(57)49-46-43-40-37-33-21-18-15-12-9-6-3)51-58-50-47-44-41-38-35-32-25-23-20-17-14-11-8-5-2/h8,11,16-17,19-20,24-26,28-29,32,38,41,53H,4-7,9-10,12-15,18,21-23,27,30-31,33-37,39-40,42-52H2,1-3H3/b11-8-,19-16-,20-17-,26-24-,29-28-,32-25-,41-38-. The predicted molar refractivity (Wildman–Crippen MR) is 260 cm³/mol. The number of hydrogen-bond donors (Lipinski definition) is 0. The molecule has 344 valence electrons. The molecular weight excluding hydrogens is 741 g/mol. The van der Waals surface area contributed by atoms with Crippen LogP contribution in [0.2, 0.25) is 0 Å². The van der Waals surface area contributed by atoms with Crippen molar-refractivity contribution >= 4 is 11.9 Å². The Morgan fingerprint density at radius 1 is 0.383 bits per heavy atom. The number of rotatable bonds is 45. The zero-order chi connectivity index (χ0) is 43.5. The van der Waals surface area contributed by atoms with Crippen LogP contribution in [0.5, 0.6) is 0 Å². The summed E-state index contributed by atoms with van der Waals surface area (Å²) in [6.07, 6.45) is 66.0. The van der Waals surface area contributed by atoms with Gasteiger partial charge < -0.3 is 14.2 Å². The molecule has 5 heteroatoms. The van der Waals surface area contributed by atoms with Crippen LogP contribution in [0.25, 0.3) is 0 Å². The molecule has 0 aromatic carbocycles. The van der Waals surface area contributed by atoms with E-state index in [0.29, 0.717) is 19.4 Å². The van der Waals surface area contributed by atoms with Crippen LogP contribution in [0.4, 0.5) is 0 Å². The van der Waals surface area contributed by atoms with E-state index < -0.39 is 6.10 Å². The maximum atomic E-state index is 12.7. The highest BCUT2D eigenvalue weighted by atomic mass is 16.6. The monoisotopic (exact) mass is 835 g/mol. The molecule has 0 radical (unpaired) electrons. The van der Waals surface area contributed by atoms with Crippen molar-refractivity contribution in [3.63, 3.8) is 0 Å². The second kappa shape index (κ2) is 50.4. The SMILES string of the molecule is CC/C=C\C/C=C\C/C=C\C/C=C\CCCOCC(COC(=O)CCCCCCCC/C=C\C/C=C\C/C=C\CCCCC)OC(=O)CCCCCCCCCCCCC. The van der Waals surface area contributed by atoms with Gasteiger partial charge in [-0.1, -0.05) is 209 Å². The fourth-order valence-corrected chi connectivity index (χ4v) is 6.70. The van der Waals surface area contributed by atoms with Crippen LogP contribution in [-0.4, -0.2) is 37.9 Å². The van der Waals surface area contributed by atoms with Gasteiger partial charge >= 0.3 is 11.9 Å². The maximum absolute atomic E-state index is 12.7. The number of ether oxygens (including phenoxy) is 3. The zero-order valence-electron chi connectivity index (χ0n) is 39.5. The molecule has 0 bridgehead atoms. The molecule has 0 heterocycles. The quantitative estimate of drug-likeness (QED) is 0.0347. The Balaban J connectivity index is 4.32. The summed E-state index contributed by atoms with van der Waals surface area (Å²) in [7, 11) is 0. The van der Waals surface area contributed by atoms with Crippen molar-refractivity contribution < 1.29 is 23.8 Å². The highest BCUT2D eigenvalue weighted by Gasteiger charge is 2.17. The molecule has 1 unspecified atom stereocenters. The molecule has 1 atom stereocenters. The van der Waals surface area contributed by atoms with Crippen molar-refractivity contribution in [2.24, 2.45) is 0 Å². The first kappa shape index (κ1) is 57.1. The number of esters is 2. The lowest BCUT2D eigenvalue weighted by molar-refractivity contribution is -0.163. The zero-order valence-corrected chi connectivity index (χ0v) is 39.5. The van der Waals surface area contributed by atoms with E-state index in [1.165, 1.54) is 103 Å². The lowest BCUT2D eigenvalue weighted by Crippen LogP contribution is -2.30. The normalized spacial score (nSPS) is 12.9. The molecule has 0 saturated carbocycles. The van der Waals surface area contributed by atoms with E-state index in [1.807, 2.05) is 0 Å². The molecule has 0 spiro atoms. The van der Waals surface area contributed by atoms with Crippen molar-refractivity contribution in [2.45, 2.75) is 232 Å². The van der Waals surface area contributed by atoms with Gasteiger partial charge in [0.15, 0.2) is 6.10 Å². The van der Waals surface area contributed by atoms with Crippen LogP contribution >= 0.6 is 0 Å². The van der Waals surface area contributed by atoms with Gasteiger partial charge in [-0.2, -0.15) is 0 Å². The van der Waals surface area contributed by atoms with Gasteiger partial charge in [-0.3, -0.25) is 9.59 Å². The Labute approximate surface area is 371 Å². The Morgan fingerprint density at radius 2 is 0.750 bits per heavy atom. The third kappa shape index (κ3) is 47.8. The van der Waals surface area contributed by atoms with E-state index in [9.17, 15) is 9.59 Å². The minimum absolute atomic E-state index is 0.0547. The van der Waals surface area contributed by atoms with Crippen molar-refractivity contribution in [1.29, 1.82) is 0 Å². The number of unbranched alkanes of at least 4 members (excludes halogenated alkanes) is 20. The predicted octanol–water partition coefficient (Wildman–Crippen LogP) is 16.9. The summed E-state index contributed by atoms with van der Waals surface area (Å²) in [6, 6.07) is 0. The van der Waals surface area contributed by atoms with Crippen LogP contribution in [0.15, 0.2) is 85.1 Å². The second-order valence-electron chi connectivity index (χ2n) is 16.3. The topological polar surface area (TPSA) is 61.8 Å². The number of allylic oxidation sites excluding steroid dienone is 14. The van der Waals surface area contributed by atoms with E-state index in [2.05, 4.69) is 106 Å². The average molecular weight is 835 g/mol. The highest BCUT2D eigenvalue weighted by molar-refractivity contribution is 5.70. The molecular formula is C55H94O5. The van der Waals surface area contributed by atoms with Crippen LogP contribution in [-0.2, 0) is 23.8 Å². The summed E-state index contributed by atoms with van der Waals surface area (Å²) in [6.45, 7) is 7.53. The lowest BCUT2D eigenvalue weighted by Gasteiger charge is -2.18. The maximum Gasteiger partial charge on any atom is 0.306 e. The molecule has 0 saturated heterocycles. The molecule has 0 rings (SSSR count). The Kier molecular flexibility index (Phi) is 48.0. The van der Waals surface area contributed by atoms with Gasteiger partial charge in [0.25, 0.3) is 0 Å². The van der Waals surface area contributed by atoms with Crippen molar-refractivity contribution in [3.05, 3.63) is 85.1 Å². The third-order valence-corrected chi connectivity index (χ3v) is 10.4. The van der Waals surface area contributed by atoms with Crippen molar-refractivity contribution in [3.8, 4) is 0 Å². The van der Waals surface area contributed by atoms with E-state index in [-0.39, 0.29) is 25.2 Å². The van der Waals surface area contributed by atoms with Crippen LogP contribution in [0, 0.1) is 0 Å². The lowest BCUT2D eigenvalue weighted by atomic mass is 10.1. The second-order valence-corrected chi connectivity index (χ2v) is 16.3. The Bertz CT molecular complexity index is 1130. The van der Waals surface area contributed by atoms with Crippen LogP contribution < -0.4 is 0 Å². The molecule has 0 N–H and O–H groups in total. The van der Waals surface area contributed by atoms with Gasteiger partial charge in [0.1, 0.15) is 6.61 Å². The average Bonchev–Trinajstić information content (AvgIpc) is 3.25. The van der Waals surface area contributed by atoms with E-state index >= 15 is 0 Å². The van der Waals surface area contributed by atoms with Gasteiger partial charge in [0, 0.05) is 19.4 Å². The fraction of sp³-hybridized carbons (Fsp3) is 0.709. The summed E-state index contributed by atoms with van der Waals surface area (Å²) >= 11 is 0. The minimum Gasteiger partial charge on any atom is -0.462 e. The molecule has 0 aromatic rings. The molecule has 5 nitrogen and oxygen atoms in total. The third-order valence-electron chi connectivity index (χ3n) is 10.4. The van der Waals surface area contributed by atoms with Crippen molar-refractivity contribution in [1.82, 2.24) is 0 Å². The largest absolute Gasteiger partial charge is 0.462 e. The summed E-state index contributed by atoms with van der Waals surface area (Å²) < 4.78 is 17.3.